The first-order valence-electron chi connectivity index (χ1n) is 7.81. The lowest BCUT2D eigenvalue weighted by Crippen LogP contribution is -2.32. The quantitative estimate of drug-likeness (QED) is 0.888. The second-order valence-electron chi connectivity index (χ2n) is 5.76. The Morgan fingerprint density at radius 1 is 1.26 bits per heavy atom. The first kappa shape index (κ1) is 15.3. The minimum atomic E-state index is -1.06. The molecule has 5 nitrogen and oxygen atoms in total. The van der Waals surface area contributed by atoms with E-state index in [4.69, 9.17) is 4.42 Å². The molecule has 23 heavy (non-hydrogen) atoms. The van der Waals surface area contributed by atoms with Crippen molar-refractivity contribution in [2.24, 2.45) is 0 Å². The number of amides is 1. The van der Waals surface area contributed by atoms with Crippen LogP contribution in [0.15, 0.2) is 40.8 Å². The minimum absolute atomic E-state index is 0.0753. The fourth-order valence-electron chi connectivity index (χ4n) is 2.65. The van der Waals surface area contributed by atoms with Gasteiger partial charge in [-0.15, -0.1) is 0 Å². The van der Waals surface area contributed by atoms with E-state index in [0.717, 1.165) is 18.4 Å². The summed E-state index contributed by atoms with van der Waals surface area (Å²) in [7, 11) is 0. The number of carbonyl (C=O) groups is 2. The molecular weight excluding hydrogens is 294 g/mol. The lowest BCUT2D eigenvalue weighted by molar-refractivity contribution is 0.0684. The molecular formula is C18H19NO4. The smallest absolute Gasteiger partial charge is 0.339 e. The van der Waals surface area contributed by atoms with E-state index in [2.05, 4.69) is 0 Å². The molecule has 5 heteroatoms. The van der Waals surface area contributed by atoms with Gasteiger partial charge in [0.05, 0.1) is 0 Å². The van der Waals surface area contributed by atoms with Crippen LogP contribution in [0, 0.1) is 0 Å². The minimum Gasteiger partial charge on any atom is -0.478 e. The predicted molar refractivity (Wildman–Crippen MR) is 84.4 cm³/mol. The van der Waals surface area contributed by atoms with Crippen LogP contribution in [-0.4, -0.2) is 27.9 Å². The third-order valence-electron chi connectivity index (χ3n) is 4.02. The molecule has 1 aromatic carbocycles. The number of aromatic carboxylic acids is 1. The Bertz CT molecular complexity index is 716. The molecule has 0 unspecified atom stereocenters. The number of nitrogens with zero attached hydrogens (tertiary/aromatic N) is 1. The highest BCUT2D eigenvalue weighted by atomic mass is 16.4. The van der Waals surface area contributed by atoms with E-state index in [1.807, 2.05) is 37.3 Å². The van der Waals surface area contributed by atoms with Crippen molar-refractivity contribution in [3.05, 3.63) is 59.0 Å². The number of furan rings is 1. The lowest BCUT2D eigenvalue weighted by Gasteiger charge is -2.21. The highest BCUT2D eigenvalue weighted by molar-refractivity contribution is 5.96. The second kappa shape index (κ2) is 6.28. The van der Waals surface area contributed by atoms with Crippen molar-refractivity contribution < 1.29 is 19.1 Å². The van der Waals surface area contributed by atoms with Gasteiger partial charge < -0.3 is 14.4 Å². The van der Waals surface area contributed by atoms with E-state index >= 15 is 0 Å². The highest BCUT2D eigenvalue weighted by Gasteiger charge is 2.35. The summed E-state index contributed by atoms with van der Waals surface area (Å²) in [6.45, 7) is 2.32. The number of carboxylic acid groups (broad SMARTS) is 1. The van der Waals surface area contributed by atoms with Gasteiger partial charge in [0.2, 0.25) is 0 Å². The summed E-state index contributed by atoms with van der Waals surface area (Å²) < 4.78 is 5.51. The number of hydrogen-bond acceptors (Lipinski definition) is 3. The van der Waals surface area contributed by atoms with Crippen molar-refractivity contribution in [2.45, 2.75) is 38.8 Å². The van der Waals surface area contributed by atoms with E-state index in [1.165, 1.54) is 6.07 Å². The van der Waals surface area contributed by atoms with Gasteiger partial charge in [0.15, 0.2) is 5.76 Å². The Hall–Kier alpha value is -2.56. The maximum Gasteiger partial charge on any atom is 0.339 e. The third-order valence-corrected chi connectivity index (χ3v) is 4.02. The molecule has 0 atom stereocenters. The summed E-state index contributed by atoms with van der Waals surface area (Å²) in [5, 5.41) is 9.20. The van der Waals surface area contributed by atoms with Crippen LogP contribution < -0.4 is 0 Å². The molecule has 1 fully saturated rings. The van der Waals surface area contributed by atoms with Crippen LogP contribution in [0.1, 0.15) is 52.0 Å². The molecule has 1 saturated carbocycles. The number of carbonyl (C=O) groups excluding carboxylic acids is 1. The second-order valence-corrected chi connectivity index (χ2v) is 5.76. The SMILES string of the molecule is CCc1oc(C(=O)N(Cc2ccccc2)C2CC2)cc1C(=O)O. The summed E-state index contributed by atoms with van der Waals surface area (Å²) in [4.78, 5) is 25.8. The Morgan fingerprint density at radius 2 is 1.96 bits per heavy atom. The first-order valence-corrected chi connectivity index (χ1v) is 7.81. The molecule has 3 rings (SSSR count). The van der Waals surface area contributed by atoms with E-state index in [-0.39, 0.29) is 23.3 Å². The number of hydrogen-bond donors (Lipinski definition) is 1. The zero-order valence-corrected chi connectivity index (χ0v) is 13.0. The van der Waals surface area contributed by atoms with Gasteiger partial charge in [0.1, 0.15) is 11.3 Å². The van der Waals surface area contributed by atoms with Gasteiger partial charge in [-0.3, -0.25) is 4.79 Å². The summed E-state index contributed by atoms with van der Waals surface area (Å²) in [6, 6.07) is 11.3. The average Bonchev–Trinajstić information content (AvgIpc) is 3.30. The molecule has 1 heterocycles. The monoisotopic (exact) mass is 313 g/mol. The van der Waals surface area contributed by atoms with Gasteiger partial charge in [-0.05, 0) is 18.4 Å². The zero-order valence-electron chi connectivity index (χ0n) is 13.0. The Morgan fingerprint density at radius 3 is 2.48 bits per heavy atom. The van der Waals surface area contributed by atoms with Crippen molar-refractivity contribution in [1.29, 1.82) is 0 Å². The van der Waals surface area contributed by atoms with Crippen LogP contribution in [0.3, 0.4) is 0 Å². The topological polar surface area (TPSA) is 70.8 Å². The van der Waals surface area contributed by atoms with E-state index < -0.39 is 5.97 Å². The molecule has 120 valence electrons. The van der Waals surface area contributed by atoms with Crippen molar-refractivity contribution in [1.82, 2.24) is 4.90 Å². The maximum atomic E-state index is 12.8. The van der Waals surface area contributed by atoms with Crippen LogP contribution in [0.25, 0.3) is 0 Å². The Labute approximate surface area is 134 Å². The fourth-order valence-corrected chi connectivity index (χ4v) is 2.65. The van der Waals surface area contributed by atoms with Crippen LogP contribution >= 0.6 is 0 Å². The number of rotatable bonds is 6. The molecule has 0 bridgehead atoms. The molecule has 1 N–H and O–H groups in total. The van der Waals surface area contributed by atoms with Gasteiger partial charge in [-0.2, -0.15) is 0 Å². The summed E-state index contributed by atoms with van der Waals surface area (Å²) in [6.07, 6.45) is 2.40. The normalized spacial score (nSPS) is 13.8. The molecule has 2 aromatic rings. The Kier molecular flexibility index (Phi) is 4.19. The molecule has 0 radical (unpaired) electrons. The standard InChI is InChI=1S/C18H19NO4/c1-2-15-14(18(21)22)10-16(23-15)17(20)19(13-8-9-13)11-12-6-4-3-5-7-12/h3-7,10,13H,2,8-9,11H2,1H3,(H,21,22). The summed E-state index contributed by atoms with van der Waals surface area (Å²) in [5.74, 6) is -0.845. The van der Waals surface area contributed by atoms with Crippen molar-refractivity contribution in [3.8, 4) is 0 Å². The number of aryl methyl sites for hydroxylation is 1. The largest absolute Gasteiger partial charge is 0.478 e. The van der Waals surface area contributed by atoms with Crippen molar-refractivity contribution in [3.63, 3.8) is 0 Å². The first-order chi connectivity index (χ1) is 11.1. The summed E-state index contributed by atoms with van der Waals surface area (Å²) >= 11 is 0. The van der Waals surface area contributed by atoms with Crippen LogP contribution in [-0.2, 0) is 13.0 Å². The number of benzene rings is 1. The fraction of sp³-hybridized carbons (Fsp3) is 0.333. The molecule has 1 aromatic heterocycles. The van der Waals surface area contributed by atoms with Gasteiger partial charge in [-0.1, -0.05) is 37.3 Å². The molecule has 0 saturated heterocycles. The van der Waals surface area contributed by atoms with E-state index in [0.29, 0.717) is 18.7 Å². The maximum absolute atomic E-state index is 12.8. The molecule has 1 aliphatic carbocycles. The van der Waals surface area contributed by atoms with Gasteiger partial charge in [0.25, 0.3) is 5.91 Å². The lowest BCUT2D eigenvalue weighted by atomic mass is 10.2. The van der Waals surface area contributed by atoms with Gasteiger partial charge in [0, 0.05) is 25.1 Å². The van der Waals surface area contributed by atoms with Crippen molar-refractivity contribution in [2.75, 3.05) is 0 Å². The zero-order chi connectivity index (χ0) is 16.4. The molecule has 1 amide bonds. The van der Waals surface area contributed by atoms with Crippen molar-refractivity contribution >= 4 is 11.9 Å². The van der Waals surface area contributed by atoms with E-state index in [9.17, 15) is 14.7 Å². The molecule has 0 spiro atoms. The molecule has 1 aliphatic rings. The number of carboxylic acids is 1. The van der Waals surface area contributed by atoms with Gasteiger partial charge >= 0.3 is 5.97 Å². The predicted octanol–water partition coefficient (Wildman–Crippen LogP) is 3.35. The van der Waals surface area contributed by atoms with Crippen LogP contribution in [0.5, 0.6) is 0 Å². The Balaban J connectivity index is 1.85. The summed E-state index contributed by atoms with van der Waals surface area (Å²) in [5.41, 5.74) is 1.12. The van der Waals surface area contributed by atoms with E-state index in [1.54, 1.807) is 4.90 Å². The highest BCUT2D eigenvalue weighted by Crippen LogP contribution is 2.30. The van der Waals surface area contributed by atoms with Crippen LogP contribution in [0.4, 0.5) is 0 Å². The van der Waals surface area contributed by atoms with Crippen LogP contribution in [0.2, 0.25) is 0 Å². The van der Waals surface area contributed by atoms with Gasteiger partial charge in [-0.25, -0.2) is 4.79 Å². The third kappa shape index (κ3) is 3.28. The average molecular weight is 313 g/mol. The molecule has 0 aliphatic heterocycles.